The molecule has 0 spiro atoms. The highest BCUT2D eigenvalue weighted by atomic mass is 32.2. The normalized spacial score (nSPS) is 11.0. The molecule has 3 aromatic carbocycles. The van der Waals surface area contributed by atoms with Gasteiger partial charge in [0.05, 0.1) is 4.90 Å². The summed E-state index contributed by atoms with van der Waals surface area (Å²) in [6.07, 6.45) is 0. The standard InChI is InChI=1S/C24H27N3O3S/c1-3-27(22-12-7-9-19(2)17-22)16-15-25-24(28)20-10-8-11-21(18-20)26-31(29,30)23-13-5-4-6-14-23/h4-14,17-18,26H,3,15-16H2,1-2H3,(H,25,28). The number of likely N-dealkylation sites (N-methyl/N-ethyl adjacent to an activating group) is 1. The molecule has 0 aromatic heterocycles. The van der Waals surface area contributed by atoms with Crippen LogP contribution in [0.1, 0.15) is 22.8 Å². The third-order valence-corrected chi connectivity index (χ3v) is 6.24. The number of benzene rings is 3. The molecule has 0 saturated carbocycles. The van der Waals surface area contributed by atoms with E-state index in [2.05, 4.69) is 47.0 Å². The van der Waals surface area contributed by atoms with Crippen molar-refractivity contribution in [2.75, 3.05) is 29.3 Å². The molecule has 2 N–H and O–H groups in total. The van der Waals surface area contributed by atoms with E-state index in [4.69, 9.17) is 0 Å². The number of carbonyl (C=O) groups is 1. The topological polar surface area (TPSA) is 78.5 Å². The van der Waals surface area contributed by atoms with Gasteiger partial charge in [0.2, 0.25) is 0 Å². The van der Waals surface area contributed by atoms with Crippen LogP contribution in [0.2, 0.25) is 0 Å². The maximum atomic E-state index is 12.6. The first-order valence-corrected chi connectivity index (χ1v) is 11.6. The minimum Gasteiger partial charge on any atom is -0.370 e. The largest absolute Gasteiger partial charge is 0.370 e. The Labute approximate surface area is 184 Å². The van der Waals surface area contributed by atoms with Gasteiger partial charge in [-0.2, -0.15) is 0 Å². The molecule has 0 unspecified atom stereocenters. The second-order valence-corrected chi connectivity index (χ2v) is 8.86. The number of sulfonamides is 1. The maximum absolute atomic E-state index is 12.6. The van der Waals surface area contributed by atoms with E-state index >= 15 is 0 Å². The van der Waals surface area contributed by atoms with Crippen LogP contribution in [0.3, 0.4) is 0 Å². The smallest absolute Gasteiger partial charge is 0.261 e. The number of carbonyl (C=O) groups excluding carboxylic acids is 1. The number of hydrogen-bond donors (Lipinski definition) is 2. The van der Waals surface area contributed by atoms with Gasteiger partial charge in [-0.05, 0) is 61.9 Å². The lowest BCUT2D eigenvalue weighted by atomic mass is 10.2. The summed E-state index contributed by atoms with van der Waals surface area (Å²) in [7, 11) is -3.71. The molecule has 162 valence electrons. The Kier molecular flexibility index (Phi) is 7.31. The lowest BCUT2D eigenvalue weighted by Crippen LogP contribution is -2.35. The van der Waals surface area contributed by atoms with Crippen LogP contribution < -0.4 is 14.9 Å². The van der Waals surface area contributed by atoms with Crippen LogP contribution in [0.4, 0.5) is 11.4 Å². The van der Waals surface area contributed by atoms with Crippen LogP contribution in [-0.2, 0) is 10.0 Å². The molecular weight excluding hydrogens is 410 g/mol. The number of rotatable bonds is 9. The summed E-state index contributed by atoms with van der Waals surface area (Å²) in [4.78, 5) is 14.9. The van der Waals surface area contributed by atoms with Gasteiger partial charge in [-0.15, -0.1) is 0 Å². The van der Waals surface area contributed by atoms with Crippen LogP contribution in [0, 0.1) is 6.92 Å². The highest BCUT2D eigenvalue weighted by Gasteiger charge is 2.15. The third-order valence-electron chi connectivity index (χ3n) is 4.85. The van der Waals surface area contributed by atoms with Crippen molar-refractivity contribution in [3.63, 3.8) is 0 Å². The number of hydrogen-bond acceptors (Lipinski definition) is 4. The highest BCUT2D eigenvalue weighted by Crippen LogP contribution is 2.17. The van der Waals surface area contributed by atoms with Gasteiger partial charge in [-0.1, -0.05) is 36.4 Å². The van der Waals surface area contributed by atoms with Crippen molar-refractivity contribution in [3.05, 3.63) is 90.0 Å². The van der Waals surface area contributed by atoms with Gasteiger partial charge in [0.15, 0.2) is 0 Å². The predicted octanol–water partition coefficient (Wildman–Crippen LogP) is 4.05. The Bertz CT molecular complexity index is 1130. The molecule has 31 heavy (non-hydrogen) atoms. The minimum absolute atomic E-state index is 0.167. The van der Waals surface area contributed by atoms with Crippen molar-refractivity contribution < 1.29 is 13.2 Å². The Morgan fingerprint density at radius 3 is 2.39 bits per heavy atom. The number of nitrogens with zero attached hydrogens (tertiary/aromatic N) is 1. The zero-order valence-corrected chi connectivity index (χ0v) is 18.5. The van der Waals surface area contributed by atoms with E-state index in [9.17, 15) is 13.2 Å². The molecule has 3 aromatic rings. The van der Waals surface area contributed by atoms with Gasteiger partial charge < -0.3 is 10.2 Å². The number of aryl methyl sites for hydroxylation is 1. The van der Waals surface area contributed by atoms with Gasteiger partial charge in [-0.25, -0.2) is 8.42 Å². The molecule has 0 saturated heterocycles. The Morgan fingerprint density at radius 1 is 0.935 bits per heavy atom. The zero-order chi connectivity index (χ0) is 22.3. The van der Waals surface area contributed by atoms with Crippen LogP contribution in [0.25, 0.3) is 0 Å². The summed E-state index contributed by atoms with van der Waals surface area (Å²) in [5, 5.41) is 2.91. The Morgan fingerprint density at radius 2 is 1.68 bits per heavy atom. The van der Waals surface area contributed by atoms with Crippen molar-refractivity contribution in [1.82, 2.24) is 5.32 Å². The van der Waals surface area contributed by atoms with Gasteiger partial charge in [0, 0.05) is 36.6 Å². The lowest BCUT2D eigenvalue weighted by molar-refractivity contribution is 0.0954. The van der Waals surface area contributed by atoms with Crippen LogP contribution in [0.5, 0.6) is 0 Å². The van der Waals surface area contributed by atoms with E-state index in [1.165, 1.54) is 23.8 Å². The van der Waals surface area contributed by atoms with Gasteiger partial charge in [0.1, 0.15) is 0 Å². The average molecular weight is 438 g/mol. The van der Waals surface area contributed by atoms with Crippen molar-refractivity contribution in [1.29, 1.82) is 0 Å². The Hall–Kier alpha value is -3.32. The second-order valence-electron chi connectivity index (χ2n) is 7.17. The predicted molar refractivity (Wildman–Crippen MR) is 125 cm³/mol. The van der Waals surface area contributed by atoms with E-state index in [0.717, 1.165) is 12.2 Å². The van der Waals surface area contributed by atoms with Gasteiger partial charge >= 0.3 is 0 Å². The third kappa shape index (κ3) is 6.08. The van der Waals surface area contributed by atoms with Crippen molar-refractivity contribution >= 4 is 27.3 Å². The molecule has 0 bridgehead atoms. The second kappa shape index (κ2) is 10.1. The molecule has 3 rings (SSSR count). The monoisotopic (exact) mass is 437 g/mol. The molecule has 7 heteroatoms. The summed E-state index contributed by atoms with van der Waals surface area (Å²) < 4.78 is 27.5. The summed E-state index contributed by atoms with van der Waals surface area (Å²) in [5.41, 5.74) is 3.04. The molecular formula is C24H27N3O3S. The van der Waals surface area contributed by atoms with Crippen LogP contribution in [0.15, 0.2) is 83.8 Å². The van der Waals surface area contributed by atoms with Gasteiger partial charge in [0.25, 0.3) is 15.9 Å². The first kappa shape index (κ1) is 22.4. The molecule has 0 fully saturated rings. The summed E-state index contributed by atoms with van der Waals surface area (Å²) in [6.45, 7) is 6.10. The zero-order valence-electron chi connectivity index (χ0n) is 17.7. The van der Waals surface area contributed by atoms with Gasteiger partial charge in [-0.3, -0.25) is 9.52 Å². The Balaban J connectivity index is 1.61. The summed E-state index contributed by atoms with van der Waals surface area (Å²) >= 11 is 0. The fourth-order valence-corrected chi connectivity index (χ4v) is 4.31. The highest BCUT2D eigenvalue weighted by molar-refractivity contribution is 7.92. The number of anilines is 2. The van der Waals surface area contributed by atoms with E-state index in [1.54, 1.807) is 36.4 Å². The molecule has 0 radical (unpaired) electrons. The van der Waals surface area contributed by atoms with Crippen LogP contribution in [-0.4, -0.2) is 34.0 Å². The van der Waals surface area contributed by atoms with E-state index in [0.29, 0.717) is 24.3 Å². The minimum atomic E-state index is -3.71. The first-order valence-electron chi connectivity index (χ1n) is 10.2. The fourth-order valence-electron chi connectivity index (χ4n) is 3.24. The summed E-state index contributed by atoms with van der Waals surface area (Å²) in [6, 6.07) is 22.8. The van der Waals surface area contributed by atoms with Crippen molar-refractivity contribution in [2.24, 2.45) is 0 Å². The van der Waals surface area contributed by atoms with Crippen molar-refractivity contribution in [3.8, 4) is 0 Å². The summed E-state index contributed by atoms with van der Waals surface area (Å²) in [5.74, 6) is -0.249. The van der Waals surface area contributed by atoms with E-state index < -0.39 is 10.0 Å². The molecule has 0 aliphatic carbocycles. The van der Waals surface area contributed by atoms with Crippen LogP contribution >= 0.6 is 0 Å². The molecule has 0 heterocycles. The molecule has 6 nitrogen and oxygen atoms in total. The average Bonchev–Trinajstić information content (AvgIpc) is 2.77. The first-order chi connectivity index (χ1) is 14.9. The van der Waals surface area contributed by atoms with Crippen molar-refractivity contribution in [2.45, 2.75) is 18.7 Å². The SMILES string of the molecule is CCN(CCNC(=O)c1cccc(NS(=O)(=O)c2ccccc2)c1)c1cccc(C)c1. The molecule has 1 amide bonds. The molecule has 0 aliphatic rings. The van der Waals surface area contributed by atoms with E-state index in [-0.39, 0.29) is 10.8 Å². The fraction of sp³-hybridized carbons (Fsp3) is 0.208. The molecule has 0 atom stereocenters. The number of amides is 1. The quantitative estimate of drug-likeness (QED) is 0.529. The maximum Gasteiger partial charge on any atom is 0.261 e. The lowest BCUT2D eigenvalue weighted by Gasteiger charge is -2.23. The van der Waals surface area contributed by atoms with E-state index in [1.807, 2.05) is 6.07 Å². The molecule has 0 aliphatic heterocycles. The number of nitrogens with one attached hydrogen (secondary N) is 2.